The summed E-state index contributed by atoms with van der Waals surface area (Å²) in [6.45, 7) is 2.33. The lowest BCUT2D eigenvalue weighted by Gasteiger charge is -2.13. The van der Waals surface area contributed by atoms with Crippen LogP contribution in [0, 0.1) is 6.92 Å². The molecule has 2 amide bonds. The highest BCUT2D eigenvalue weighted by Crippen LogP contribution is 2.25. The van der Waals surface area contributed by atoms with Gasteiger partial charge in [-0.05, 0) is 25.5 Å². The number of hydrogen-bond acceptors (Lipinski definition) is 6. The van der Waals surface area contributed by atoms with E-state index in [-0.39, 0.29) is 37.4 Å². The molecule has 0 saturated heterocycles. The second-order valence-corrected chi connectivity index (χ2v) is 7.94. The van der Waals surface area contributed by atoms with Crippen molar-refractivity contribution in [1.29, 1.82) is 0 Å². The van der Waals surface area contributed by atoms with Crippen molar-refractivity contribution in [2.75, 3.05) is 6.54 Å². The lowest BCUT2D eigenvalue weighted by molar-refractivity contribution is -0.145. The Labute approximate surface area is 178 Å². The Kier molecular flexibility index (Phi) is 5.72. The molecular formula is C23H20N2O4S. The summed E-state index contributed by atoms with van der Waals surface area (Å²) in [6.07, 6.45) is 0.484. The van der Waals surface area contributed by atoms with Gasteiger partial charge in [0.1, 0.15) is 11.6 Å². The zero-order chi connectivity index (χ0) is 21.1. The number of thiazole rings is 1. The smallest absolute Gasteiger partial charge is 0.306 e. The van der Waals surface area contributed by atoms with Crippen LogP contribution in [0.2, 0.25) is 0 Å². The third-order valence-electron chi connectivity index (χ3n) is 4.87. The van der Waals surface area contributed by atoms with Gasteiger partial charge in [-0.25, -0.2) is 4.98 Å². The van der Waals surface area contributed by atoms with E-state index >= 15 is 0 Å². The number of benzene rings is 2. The first kappa shape index (κ1) is 20.0. The maximum Gasteiger partial charge on any atom is 0.306 e. The molecule has 0 saturated carbocycles. The summed E-state index contributed by atoms with van der Waals surface area (Å²) >= 11 is 1.51. The highest BCUT2D eigenvalue weighted by atomic mass is 32.1. The number of aromatic nitrogens is 1. The van der Waals surface area contributed by atoms with Crippen LogP contribution in [0.5, 0.6) is 0 Å². The van der Waals surface area contributed by atoms with Crippen molar-refractivity contribution in [2.45, 2.75) is 26.4 Å². The molecule has 7 heteroatoms. The summed E-state index contributed by atoms with van der Waals surface area (Å²) in [5.74, 6) is -0.998. The average molecular weight is 420 g/mol. The van der Waals surface area contributed by atoms with E-state index in [0.29, 0.717) is 23.2 Å². The largest absolute Gasteiger partial charge is 0.459 e. The van der Waals surface area contributed by atoms with Crippen molar-refractivity contribution in [3.63, 3.8) is 0 Å². The van der Waals surface area contributed by atoms with Crippen LogP contribution in [0.1, 0.15) is 44.8 Å². The van der Waals surface area contributed by atoms with Crippen molar-refractivity contribution in [1.82, 2.24) is 9.88 Å². The molecule has 3 aromatic rings. The Morgan fingerprint density at radius 2 is 1.70 bits per heavy atom. The monoisotopic (exact) mass is 420 g/mol. The highest BCUT2D eigenvalue weighted by molar-refractivity contribution is 7.13. The molecule has 0 radical (unpaired) electrons. The Hall–Kier alpha value is -3.32. The topological polar surface area (TPSA) is 76.6 Å². The van der Waals surface area contributed by atoms with E-state index in [1.54, 1.807) is 24.3 Å². The van der Waals surface area contributed by atoms with Gasteiger partial charge in [0.2, 0.25) is 0 Å². The molecule has 1 aliphatic rings. The minimum absolute atomic E-state index is 0.105. The molecule has 30 heavy (non-hydrogen) atoms. The number of ether oxygens (including phenoxy) is 1. The Balaban J connectivity index is 1.24. The number of amides is 2. The van der Waals surface area contributed by atoms with Crippen LogP contribution in [0.25, 0.3) is 10.6 Å². The number of nitrogens with zero attached hydrogens (tertiary/aromatic N) is 2. The van der Waals surface area contributed by atoms with Crippen molar-refractivity contribution in [3.8, 4) is 10.6 Å². The second-order valence-electron chi connectivity index (χ2n) is 7.08. The van der Waals surface area contributed by atoms with Crippen LogP contribution in [0.3, 0.4) is 0 Å². The van der Waals surface area contributed by atoms with E-state index in [0.717, 1.165) is 10.6 Å². The van der Waals surface area contributed by atoms with Gasteiger partial charge in [0, 0.05) is 23.9 Å². The Bertz CT molecular complexity index is 1070. The number of rotatable bonds is 7. The molecule has 0 unspecified atom stereocenters. The fourth-order valence-electron chi connectivity index (χ4n) is 3.25. The van der Waals surface area contributed by atoms with Crippen LogP contribution < -0.4 is 0 Å². The molecule has 0 aliphatic carbocycles. The molecule has 0 atom stereocenters. The summed E-state index contributed by atoms with van der Waals surface area (Å²) in [7, 11) is 0. The first-order valence-electron chi connectivity index (χ1n) is 9.65. The number of imide groups is 1. The quantitative estimate of drug-likeness (QED) is 0.422. The van der Waals surface area contributed by atoms with Gasteiger partial charge in [0.15, 0.2) is 0 Å². The zero-order valence-corrected chi connectivity index (χ0v) is 17.3. The molecule has 2 aromatic carbocycles. The SMILES string of the molecule is Cc1ccc(-c2nc(COC(=O)CCCN3C(=O)c4ccccc4C3=O)cs2)cc1. The van der Waals surface area contributed by atoms with Gasteiger partial charge in [-0.15, -0.1) is 11.3 Å². The Morgan fingerprint density at radius 3 is 2.37 bits per heavy atom. The van der Waals surface area contributed by atoms with Gasteiger partial charge < -0.3 is 4.74 Å². The normalized spacial score (nSPS) is 12.9. The number of carbonyl (C=O) groups is 3. The molecule has 0 bridgehead atoms. The third kappa shape index (κ3) is 4.16. The Morgan fingerprint density at radius 1 is 1.03 bits per heavy atom. The number of carbonyl (C=O) groups excluding carboxylic acids is 3. The van der Waals surface area contributed by atoms with E-state index < -0.39 is 0 Å². The van der Waals surface area contributed by atoms with Gasteiger partial charge in [-0.1, -0.05) is 42.0 Å². The molecule has 0 fully saturated rings. The summed E-state index contributed by atoms with van der Waals surface area (Å²) < 4.78 is 5.29. The van der Waals surface area contributed by atoms with Crippen molar-refractivity contribution < 1.29 is 19.1 Å². The maximum atomic E-state index is 12.3. The van der Waals surface area contributed by atoms with Crippen molar-refractivity contribution >= 4 is 29.1 Å². The number of hydrogen-bond donors (Lipinski definition) is 0. The summed E-state index contributed by atoms with van der Waals surface area (Å²) in [4.78, 5) is 42.4. The maximum absolute atomic E-state index is 12.3. The molecule has 2 heterocycles. The number of fused-ring (bicyclic) bond motifs is 1. The molecule has 1 aromatic heterocycles. The minimum atomic E-state index is -0.378. The predicted molar refractivity (Wildman–Crippen MR) is 113 cm³/mol. The highest BCUT2D eigenvalue weighted by Gasteiger charge is 2.34. The van der Waals surface area contributed by atoms with Gasteiger partial charge >= 0.3 is 5.97 Å². The molecule has 4 rings (SSSR count). The van der Waals surface area contributed by atoms with Crippen LogP contribution >= 0.6 is 11.3 Å². The van der Waals surface area contributed by atoms with Crippen LogP contribution in [0.4, 0.5) is 0 Å². The predicted octanol–water partition coefficient (Wildman–Crippen LogP) is 4.24. The van der Waals surface area contributed by atoms with Gasteiger partial charge in [-0.3, -0.25) is 19.3 Å². The number of esters is 1. The van der Waals surface area contributed by atoms with Gasteiger partial charge in [-0.2, -0.15) is 0 Å². The molecule has 1 aliphatic heterocycles. The minimum Gasteiger partial charge on any atom is -0.459 e. The lowest BCUT2D eigenvalue weighted by Crippen LogP contribution is -2.31. The van der Waals surface area contributed by atoms with E-state index in [1.165, 1.54) is 21.8 Å². The second kappa shape index (κ2) is 8.59. The van der Waals surface area contributed by atoms with E-state index in [9.17, 15) is 14.4 Å². The van der Waals surface area contributed by atoms with Gasteiger partial charge in [0.05, 0.1) is 16.8 Å². The van der Waals surface area contributed by atoms with E-state index in [4.69, 9.17) is 4.74 Å². The fourth-order valence-corrected chi connectivity index (χ4v) is 4.06. The third-order valence-corrected chi connectivity index (χ3v) is 5.81. The fraction of sp³-hybridized carbons (Fsp3) is 0.217. The van der Waals surface area contributed by atoms with Crippen LogP contribution in [-0.4, -0.2) is 34.2 Å². The molecule has 152 valence electrons. The summed E-state index contributed by atoms with van der Waals surface area (Å²) in [5, 5.41) is 2.76. The summed E-state index contributed by atoms with van der Waals surface area (Å²) in [5.41, 5.74) is 3.75. The van der Waals surface area contributed by atoms with E-state index in [2.05, 4.69) is 4.98 Å². The van der Waals surface area contributed by atoms with Crippen LogP contribution in [0.15, 0.2) is 53.9 Å². The van der Waals surface area contributed by atoms with E-state index in [1.807, 2.05) is 36.6 Å². The average Bonchev–Trinajstić information content (AvgIpc) is 3.32. The standard InChI is InChI=1S/C23H20N2O4S/c1-15-8-10-16(11-9-15)21-24-17(14-30-21)13-29-20(26)7-4-12-25-22(27)18-5-2-3-6-19(18)23(25)28/h2-3,5-6,8-11,14H,4,7,12-13H2,1H3. The first-order valence-corrected chi connectivity index (χ1v) is 10.5. The number of aryl methyl sites for hydroxylation is 1. The first-order chi connectivity index (χ1) is 14.5. The molecule has 0 N–H and O–H groups in total. The molecular weight excluding hydrogens is 400 g/mol. The van der Waals surface area contributed by atoms with Gasteiger partial charge in [0.25, 0.3) is 11.8 Å². The lowest BCUT2D eigenvalue weighted by atomic mass is 10.1. The molecule has 0 spiro atoms. The van der Waals surface area contributed by atoms with Crippen molar-refractivity contribution in [2.24, 2.45) is 0 Å². The molecule has 6 nitrogen and oxygen atoms in total. The summed E-state index contributed by atoms with van der Waals surface area (Å²) in [6, 6.07) is 14.8. The zero-order valence-electron chi connectivity index (χ0n) is 16.5. The van der Waals surface area contributed by atoms with Crippen LogP contribution in [-0.2, 0) is 16.1 Å². The van der Waals surface area contributed by atoms with Crippen molar-refractivity contribution in [3.05, 3.63) is 76.3 Å².